The van der Waals surface area contributed by atoms with Crippen LogP contribution in [0.25, 0.3) is 0 Å². The van der Waals surface area contributed by atoms with Gasteiger partial charge in [0.1, 0.15) is 5.76 Å². The highest BCUT2D eigenvalue weighted by molar-refractivity contribution is 7.90. The third-order valence-electron chi connectivity index (χ3n) is 5.94. The minimum atomic E-state index is -3.41. The van der Waals surface area contributed by atoms with Gasteiger partial charge in [0.2, 0.25) is 10.0 Å². The number of sulfonamides is 1. The van der Waals surface area contributed by atoms with E-state index < -0.39 is 15.3 Å². The van der Waals surface area contributed by atoms with Crippen LogP contribution in [0, 0.1) is 0 Å². The van der Waals surface area contributed by atoms with E-state index in [4.69, 9.17) is 4.52 Å². The van der Waals surface area contributed by atoms with Crippen molar-refractivity contribution in [1.82, 2.24) is 14.8 Å². The number of likely N-dealkylation sites (tertiary alicyclic amines) is 1. The number of hydrogen-bond donors (Lipinski definition) is 1. The lowest BCUT2D eigenvalue weighted by Crippen LogP contribution is -2.50. The Morgan fingerprint density at radius 2 is 1.85 bits per heavy atom. The van der Waals surface area contributed by atoms with Crippen molar-refractivity contribution in [2.75, 3.05) is 13.1 Å². The number of fused-ring (bicyclic) bond motifs is 1. The SMILES string of the molecule is O=C(c1noc2c1CCCC2)N1CCCC(S(=O)(=O)NC2CCCC2)C1. The van der Waals surface area contributed by atoms with Gasteiger partial charge in [0.15, 0.2) is 5.69 Å². The highest BCUT2D eigenvalue weighted by atomic mass is 32.2. The van der Waals surface area contributed by atoms with Crippen molar-refractivity contribution in [2.24, 2.45) is 0 Å². The summed E-state index contributed by atoms with van der Waals surface area (Å²) in [6.07, 6.45) is 9.05. The van der Waals surface area contributed by atoms with E-state index in [0.29, 0.717) is 25.1 Å². The molecule has 3 aliphatic rings. The van der Waals surface area contributed by atoms with Crippen LogP contribution in [0.15, 0.2) is 4.52 Å². The third kappa shape index (κ3) is 3.53. The predicted octanol–water partition coefficient (Wildman–Crippen LogP) is 2.02. The van der Waals surface area contributed by atoms with E-state index in [1.54, 1.807) is 4.90 Å². The molecule has 2 heterocycles. The average molecular weight is 381 g/mol. The van der Waals surface area contributed by atoms with Crippen molar-refractivity contribution in [1.29, 1.82) is 0 Å². The summed E-state index contributed by atoms with van der Waals surface area (Å²) in [4.78, 5) is 14.6. The quantitative estimate of drug-likeness (QED) is 0.861. The molecule has 1 N–H and O–H groups in total. The number of carbonyl (C=O) groups is 1. The topological polar surface area (TPSA) is 92.5 Å². The molecule has 1 unspecified atom stereocenters. The zero-order chi connectivity index (χ0) is 18.1. The summed E-state index contributed by atoms with van der Waals surface area (Å²) in [5.41, 5.74) is 1.32. The Morgan fingerprint density at radius 1 is 1.08 bits per heavy atom. The monoisotopic (exact) mass is 381 g/mol. The van der Waals surface area contributed by atoms with Gasteiger partial charge in [0.25, 0.3) is 5.91 Å². The molecule has 1 saturated carbocycles. The molecular formula is C18H27N3O4S. The smallest absolute Gasteiger partial charge is 0.276 e. The summed E-state index contributed by atoms with van der Waals surface area (Å²) in [6.45, 7) is 0.818. The minimum Gasteiger partial charge on any atom is -0.360 e. The Kier molecular flexibility index (Phi) is 5.05. The number of aromatic nitrogens is 1. The van der Waals surface area contributed by atoms with E-state index in [-0.39, 0.29) is 18.5 Å². The largest absolute Gasteiger partial charge is 0.360 e. The molecule has 0 aromatic carbocycles. The molecule has 2 fully saturated rings. The van der Waals surface area contributed by atoms with Gasteiger partial charge in [-0.3, -0.25) is 4.79 Å². The second-order valence-electron chi connectivity index (χ2n) is 7.80. The van der Waals surface area contributed by atoms with Crippen LogP contribution < -0.4 is 4.72 Å². The summed E-state index contributed by atoms with van der Waals surface area (Å²) >= 11 is 0. The van der Waals surface area contributed by atoms with Crippen LogP contribution in [0.2, 0.25) is 0 Å². The van der Waals surface area contributed by atoms with Crippen LogP contribution in [-0.2, 0) is 22.9 Å². The molecule has 1 aromatic heterocycles. The number of nitrogens with one attached hydrogen (secondary N) is 1. The van der Waals surface area contributed by atoms with E-state index in [0.717, 1.165) is 62.7 Å². The molecule has 144 valence electrons. The van der Waals surface area contributed by atoms with E-state index in [2.05, 4.69) is 9.88 Å². The fourth-order valence-electron chi connectivity index (χ4n) is 4.45. The summed E-state index contributed by atoms with van der Waals surface area (Å²) in [7, 11) is -3.41. The van der Waals surface area contributed by atoms with Crippen molar-refractivity contribution >= 4 is 15.9 Å². The van der Waals surface area contributed by atoms with Crippen LogP contribution >= 0.6 is 0 Å². The number of rotatable bonds is 4. The number of hydrogen-bond acceptors (Lipinski definition) is 5. The number of carbonyl (C=O) groups excluding carboxylic acids is 1. The second kappa shape index (κ2) is 7.31. The number of aryl methyl sites for hydroxylation is 1. The van der Waals surface area contributed by atoms with Crippen LogP contribution in [0.1, 0.15) is 73.2 Å². The highest BCUT2D eigenvalue weighted by Gasteiger charge is 2.36. The molecule has 7 nitrogen and oxygen atoms in total. The van der Waals surface area contributed by atoms with Gasteiger partial charge in [-0.05, 0) is 44.9 Å². The molecule has 2 aliphatic carbocycles. The molecule has 0 spiro atoms. The fourth-order valence-corrected chi connectivity index (χ4v) is 6.20. The van der Waals surface area contributed by atoms with E-state index in [9.17, 15) is 13.2 Å². The van der Waals surface area contributed by atoms with Crippen LogP contribution in [0.3, 0.4) is 0 Å². The molecule has 26 heavy (non-hydrogen) atoms. The van der Waals surface area contributed by atoms with Crippen molar-refractivity contribution in [2.45, 2.75) is 75.5 Å². The first-order valence-electron chi connectivity index (χ1n) is 9.82. The highest BCUT2D eigenvalue weighted by Crippen LogP contribution is 2.27. The zero-order valence-corrected chi connectivity index (χ0v) is 15.9. The normalized spacial score (nSPS) is 24.6. The van der Waals surface area contributed by atoms with Gasteiger partial charge in [-0.1, -0.05) is 18.0 Å². The van der Waals surface area contributed by atoms with Crippen LogP contribution in [0.5, 0.6) is 0 Å². The first-order chi connectivity index (χ1) is 12.5. The lowest BCUT2D eigenvalue weighted by molar-refractivity contribution is 0.0715. The molecule has 0 radical (unpaired) electrons. The molecule has 1 aliphatic heterocycles. The molecule has 1 amide bonds. The van der Waals surface area contributed by atoms with Gasteiger partial charge in [0.05, 0.1) is 5.25 Å². The molecule has 4 rings (SSSR count). The maximum absolute atomic E-state index is 12.9. The van der Waals surface area contributed by atoms with Crippen molar-refractivity contribution in [3.63, 3.8) is 0 Å². The van der Waals surface area contributed by atoms with Crippen LogP contribution in [-0.4, -0.2) is 48.8 Å². The Morgan fingerprint density at radius 3 is 2.65 bits per heavy atom. The van der Waals surface area contributed by atoms with Gasteiger partial charge < -0.3 is 9.42 Å². The van der Waals surface area contributed by atoms with E-state index in [1.165, 1.54) is 0 Å². The standard InChI is InChI=1S/C18H27N3O4S/c22-18(17-15-9-3-4-10-16(15)25-19-17)21-11-5-8-14(12-21)26(23,24)20-13-6-1-2-7-13/h13-14,20H,1-12H2. The molecule has 1 atom stereocenters. The number of nitrogens with zero attached hydrogens (tertiary/aromatic N) is 2. The molecule has 0 bridgehead atoms. The Labute approximate surface area is 154 Å². The molecular weight excluding hydrogens is 354 g/mol. The van der Waals surface area contributed by atoms with Gasteiger partial charge in [-0.25, -0.2) is 13.1 Å². The lowest BCUT2D eigenvalue weighted by Gasteiger charge is -2.32. The second-order valence-corrected chi connectivity index (χ2v) is 9.79. The lowest BCUT2D eigenvalue weighted by atomic mass is 9.96. The van der Waals surface area contributed by atoms with Crippen LogP contribution in [0.4, 0.5) is 0 Å². The van der Waals surface area contributed by atoms with Gasteiger partial charge in [0, 0.05) is 31.1 Å². The van der Waals surface area contributed by atoms with E-state index in [1.807, 2.05) is 0 Å². The van der Waals surface area contributed by atoms with Crippen molar-refractivity contribution in [3.05, 3.63) is 17.0 Å². The van der Waals surface area contributed by atoms with Gasteiger partial charge in [-0.2, -0.15) is 0 Å². The van der Waals surface area contributed by atoms with Gasteiger partial charge in [-0.15, -0.1) is 0 Å². The van der Waals surface area contributed by atoms with Crippen molar-refractivity contribution < 1.29 is 17.7 Å². The average Bonchev–Trinajstić information content (AvgIpc) is 3.30. The maximum Gasteiger partial charge on any atom is 0.276 e. The molecule has 1 aromatic rings. The Bertz CT molecular complexity index is 767. The Balaban J connectivity index is 1.46. The van der Waals surface area contributed by atoms with Gasteiger partial charge >= 0.3 is 0 Å². The Hall–Kier alpha value is -1.41. The third-order valence-corrected chi connectivity index (χ3v) is 7.87. The summed E-state index contributed by atoms with van der Waals surface area (Å²) in [6, 6.07) is 0.0636. The predicted molar refractivity (Wildman–Crippen MR) is 96.4 cm³/mol. The first-order valence-corrected chi connectivity index (χ1v) is 11.4. The maximum atomic E-state index is 12.9. The number of piperidine rings is 1. The number of amides is 1. The van der Waals surface area contributed by atoms with Crippen molar-refractivity contribution in [3.8, 4) is 0 Å². The molecule has 8 heteroatoms. The molecule has 1 saturated heterocycles. The summed E-state index contributed by atoms with van der Waals surface area (Å²) in [5.74, 6) is 0.640. The minimum absolute atomic E-state index is 0.0636. The summed E-state index contributed by atoms with van der Waals surface area (Å²) < 4.78 is 33.7. The van der Waals surface area contributed by atoms with E-state index >= 15 is 0 Å². The zero-order valence-electron chi connectivity index (χ0n) is 15.1. The first kappa shape index (κ1) is 18.0. The summed E-state index contributed by atoms with van der Waals surface area (Å²) in [5, 5.41) is 3.47. The fraction of sp³-hybridized carbons (Fsp3) is 0.778.